The normalized spacial score (nSPS) is 10.6. The number of aromatic nitrogens is 2. The van der Waals surface area contributed by atoms with Gasteiger partial charge in [0.1, 0.15) is 0 Å². The van der Waals surface area contributed by atoms with Crippen molar-refractivity contribution < 1.29 is 4.79 Å². The fourth-order valence-corrected chi connectivity index (χ4v) is 3.17. The number of carbonyl (C=O) groups excluding carboxylic acids is 1. The second-order valence-electron chi connectivity index (χ2n) is 5.57. The Morgan fingerprint density at radius 1 is 1.17 bits per heavy atom. The first-order chi connectivity index (χ1) is 11.6. The third kappa shape index (κ3) is 3.86. The van der Waals surface area contributed by atoms with E-state index in [1.165, 1.54) is 17.3 Å². The maximum atomic E-state index is 12.2. The average molecular weight is 337 g/mol. The number of hydrogen-bond acceptors (Lipinski definition) is 3. The van der Waals surface area contributed by atoms with Gasteiger partial charge in [-0.25, -0.2) is 4.98 Å². The molecule has 1 heterocycles. The number of nitrogens with one attached hydrogen (secondary N) is 1. The second-order valence-corrected chi connectivity index (χ2v) is 6.51. The highest BCUT2D eigenvalue weighted by atomic mass is 32.2. The first kappa shape index (κ1) is 16.3. The molecule has 3 rings (SSSR count). The van der Waals surface area contributed by atoms with Gasteiger partial charge < -0.3 is 5.32 Å². The van der Waals surface area contributed by atoms with E-state index in [0.717, 1.165) is 22.1 Å². The summed E-state index contributed by atoms with van der Waals surface area (Å²) in [4.78, 5) is 16.6. The van der Waals surface area contributed by atoms with E-state index < -0.39 is 0 Å². The van der Waals surface area contributed by atoms with Gasteiger partial charge in [-0.05, 0) is 43.2 Å². The number of carbonyl (C=O) groups is 1. The van der Waals surface area contributed by atoms with Gasteiger partial charge in [0.25, 0.3) is 0 Å². The van der Waals surface area contributed by atoms with Crippen molar-refractivity contribution in [3.63, 3.8) is 0 Å². The van der Waals surface area contributed by atoms with Crippen LogP contribution in [0.4, 0.5) is 5.69 Å². The molecule has 0 spiro atoms. The van der Waals surface area contributed by atoms with E-state index in [2.05, 4.69) is 29.4 Å². The lowest BCUT2D eigenvalue weighted by Crippen LogP contribution is -2.15. The summed E-state index contributed by atoms with van der Waals surface area (Å²) in [7, 11) is 0. The first-order valence-electron chi connectivity index (χ1n) is 7.72. The van der Waals surface area contributed by atoms with Crippen LogP contribution in [0.2, 0.25) is 0 Å². The van der Waals surface area contributed by atoms with Crippen LogP contribution < -0.4 is 5.32 Å². The van der Waals surface area contributed by atoms with E-state index in [1.54, 1.807) is 6.20 Å². The number of nitrogens with zero attached hydrogens (tertiary/aromatic N) is 2. The zero-order valence-electron chi connectivity index (χ0n) is 13.7. The largest absolute Gasteiger partial charge is 0.325 e. The summed E-state index contributed by atoms with van der Waals surface area (Å²) in [6, 6.07) is 16.0. The highest BCUT2D eigenvalue weighted by Crippen LogP contribution is 2.21. The van der Waals surface area contributed by atoms with Gasteiger partial charge in [-0.3, -0.25) is 9.36 Å². The third-order valence-electron chi connectivity index (χ3n) is 3.64. The molecule has 1 aromatic heterocycles. The number of aryl methyl sites for hydroxylation is 2. The van der Waals surface area contributed by atoms with Crippen molar-refractivity contribution in [2.75, 3.05) is 11.1 Å². The monoisotopic (exact) mass is 337 g/mol. The summed E-state index contributed by atoms with van der Waals surface area (Å²) >= 11 is 1.43. The SMILES string of the molecule is Cc1cccc(-n2ccnc2SCC(=O)Nc2ccccc2C)c1. The molecule has 0 aliphatic heterocycles. The molecule has 4 nitrogen and oxygen atoms in total. The van der Waals surface area contributed by atoms with Crippen LogP contribution in [-0.2, 0) is 4.79 Å². The minimum atomic E-state index is -0.0342. The lowest BCUT2D eigenvalue weighted by Gasteiger charge is -2.09. The molecule has 5 heteroatoms. The summed E-state index contributed by atoms with van der Waals surface area (Å²) in [5.41, 5.74) is 4.14. The van der Waals surface area contributed by atoms with Crippen molar-refractivity contribution >= 4 is 23.4 Å². The quantitative estimate of drug-likeness (QED) is 0.709. The molecule has 24 heavy (non-hydrogen) atoms. The molecule has 3 aromatic rings. The van der Waals surface area contributed by atoms with Gasteiger partial charge in [-0.1, -0.05) is 42.1 Å². The van der Waals surface area contributed by atoms with Crippen molar-refractivity contribution in [3.8, 4) is 5.69 Å². The van der Waals surface area contributed by atoms with Crippen LogP contribution in [0.3, 0.4) is 0 Å². The Bertz CT molecular complexity index is 857. The second kappa shape index (κ2) is 7.36. The van der Waals surface area contributed by atoms with Crippen LogP contribution in [-0.4, -0.2) is 21.2 Å². The van der Waals surface area contributed by atoms with Crippen LogP contribution in [0.25, 0.3) is 5.69 Å². The molecule has 0 radical (unpaired) electrons. The van der Waals surface area contributed by atoms with Gasteiger partial charge in [-0.2, -0.15) is 0 Å². The number of anilines is 1. The van der Waals surface area contributed by atoms with Gasteiger partial charge >= 0.3 is 0 Å². The van der Waals surface area contributed by atoms with E-state index in [9.17, 15) is 4.79 Å². The molecule has 0 bridgehead atoms. The Balaban J connectivity index is 1.67. The number of hydrogen-bond donors (Lipinski definition) is 1. The van der Waals surface area contributed by atoms with Gasteiger partial charge in [0.15, 0.2) is 5.16 Å². The Labute approximate surface area is 145 Å². The van der Waals surface area contributed by atoms with Crippen molar-refractivity contribution in [3.05, 3.63) is 72.1 Å². The minimum absolute atomic E-state index is 0.0342. The fourth-order valence-electron chi connectivity index (χ4n) is 2.40. The highest BCUT2D eigenvalue weighted by Gasteiger charge is 2.10. The van der Waals surface area contributed by atoms with Gasteiger partial charge in [-0.15, -0.1) is 0 Å². The summed E-state index contributed by atoms with van der Waals surface area (Å²) in [6.45, 7) is 4.04. The number of thioether (sulfide) groups is 1. The molecule has 0 unspecified atom stereocenters. The lowest BCUT2D eigenvalue weighted by atomic mass is 10.2. The van der Waals surface area contributed by atoms with Crippen LogP contribution in [0.15, 0.2) is 66.1 Å². The Kier molecular flexibility index (Phi) is 5.01. The number of imidazole rings is 1. The smallest absolute Gasteiger partial charge is 0.234 e. The average Bonchev–Trinajstić information content (AvgIpc) is 3.04. The van der Waals surface area contributed by atoms with Crippen molar-refractivity contribution in [1.29, 1.82) is 0 Å². The maximum absolute atomic E-state index is 12.2. The maximum Gasteiger partial charge on any atom is 0.234 e. The van der Waals surface area contributed by atoms with Gasteiger partial charge in [0.05, 0.1) is 5.75 Å². The zero-order valence-corrected chi connectivity index (χ0v) is 14.5. The molecular weight excluding hydrogens is 318 g/mol. The minimum Gasteiger partial charge on any atom is -0.325 e. The molecule has 0 saturated heterocycles. The van der Waals surface area contributed by atoms with Crippen molar-refractivity contribution in [2.45, 2.75) is 19.0 Å². The van der Waals surface area contributed by atoms with Crippen molar-refractivity contribution in [2.24, 2.45) is 0 Å². The molecule has 1 N–H and O–H groups in total. The molecule has 0 fully saturated rings. The van der Waals surface area contributed by atoms with E-state index >= 15 is 0 Å². The number of amides is 1. The Morgan fingerprint density at radius 3 is 2.79 bits per heavy atom. The molecule has 0 aliphatic rings. The highest BCUT2D eigenvalue weighted by molar-refractivity contribution is 7.99. The van der Waals surface area contributed by atoms with E-state index in [4.69, 9.17) is 0 Å². The predicted molar refractivity (Wildman–Crippen MR) is 98.8 cm³/mol. The fraction of sp³-hybridized carbons (Fsp3) is 0.158. The number of rotatable bonds is 5. The summed E-state index contributed by atoms with van der Waals surface area (Å²) < 4.78 is 2.00. The predicted octanol–water partition coefficient (Wildman–Crippen LogP) is 4.22. The molecule has 1 amide bonds. The van der Waals surface area contributed by atoms with Crippen LogP contribution in [0.5, 0.6) is 0 Å². The zero-order chi connectivity index (χ0) is 16.9. The molecule has 0 atom stereocenters. The molecule has 122 valence electrons. The first-order valence-corrected chi connectivity index (χ1v) is 8.71. The van der Waals surface area contributed by atoms with Crippen LogP contribution in [0.1, 0.15) is 11.1 Å². The van der Waals surface area contributed by atoms with E-state index in [0.29, 0.717) is 5.75 Å². The molecular formula is C19H19N3OS. The van der Waals surface area contributed by atoms with Crippen LogP contribution in [0, 0.1) is 13.8 Å². The summed E-state index contributed by atoms with van der Waals surface area (Å²) in [6.07, 6.45) is 3.67. The standard InChI is InChI=1S/C19H19N3OS/c1-14-6-5-8-16(12-14)22-11-10-20-19(22)24-13-18(23)21-17-9-4-3-7-15(17)2/h3-12H,13H2,1-2H3,(H,21,23). The molecule has 2 aromatic carbocycles. The van der Waals surface area contributed by atoms with E-state index in [-0.39, 0.29) is 5.91 Å². The Morgan fingerprint density at radius 2 is 2.00 bits per heavy atom. The third-order valence-corrected chi connectivity index (χ3v) is 4.60. The number of para-hydroxylation sites is 1. The van der Waals surface area contributed by atoms with Gasteiger partial charge in [0, 0.05) is 23.8 Å². The Hall–Kier alpha value is -2.53. The molecule has 0 aliphatic carbocycles. The lowest BCUT2D eigenvalue weighted by molar-refractivity contribution is -0.113. The van der Waals surface area contributed by atoms with Crippen LogP contribution >= 0.6 is 11.8 Å². The van der Waals surface area contributed by atoms with Gasteiger partial charge in [0.2, 0.25) is 5.91 Å². The topological polar surface area (TPSA) is 46.9 Å². The molecule has 0 saturated carbocycles. The number of benzene rings is 2. The summed E-state index contributed by atoms with van der Waals surface area (Å²) in [5, 5.41) is 3.75. The van der Waals surface area contributed by atoms with Crippen molar-refractivity contribution in [1.82, 2.24) is 9.55 Å². The summed E-state index contributed by atoms with van der Waals surface area (Å²) in [5.74, 6) is 0.282. The van der Waals surface area contributed by atoms with E-state index in [1.807, 2.05) is 54.1 Å².